The maximum absolute atomic E-state index is 5.33. The van der Waals surface area contributed by atoms with Crippen LogP contribution < -0.4 is 0 Å². The molecule has 0 saturated carbocycles. The van der Waals surface area contributed by atoms with Crippen LogP contribution in [0.15, 0.2) is 17.6 Å². The number of ether oxygens (including phenoxy) is 3. The van der Waals surface area contributed by atoms with Gasteiger partial charge in [-0.05, 0) is 0 Å². The van der Waals surface area contributed by atoms with Crippen LogP contribution in [0, 0.1) is 0 Å². The summed E-state index contributed by atoms with van der Waals surface area (Å²) in [6, 6.07) is 0. The molecule has 2 bridgehead atoms. The zero-order valence-corrected chi connectivity index (χ0v) is 6.26. The van der Waals surface area contributed by atoms with Crippen molar-refractivity contribution in [1.82, 2.24) is 0 Å². The Morgan fingerprint density at radius 1 is 1.36 bits per heavy atom. The first-order chi connectivity index (χ1) is 5.34. The predicted octanol–water partition coefficient (Wildman–Crippen LogP) is 0.507. The monoisotopic (exact) mass is 168 g/mol. The second-order valence-corrected chi connectivity index (χ2v) is 2.96. The summed E-state index contributed by atoms with van der Waals surface area (Å²) in [5.74, 6) is 0.722. The molecule has 2 fully saturated rings. The van der Waals surface area contributed by atoms with Crippen molar-refractivity contribution >= 4 is 17.5 Å². The van der Waals surface area contributed by atoms with Gasteiger partial charge in [0.2, 0.25) is 6.10 Å². The fraction of sp³-hybridized carbons (Fsp3) is 0.429. The molecule has 0 N–H and O–H groups in total. The van der Waals surface area contributed by atoms with Gasteiger partial charge in [-0.3, -0.25) is 0 Å². The van der Waals surface area contributed by atoms with Crippen LogP contribution in [0.25, 0.3) is 0 Å². The zero-order valence-electron chi connectivity index (χ0n) is 5.44. The molecule has 3 unspecified atom stereocenters. The van der Waals surface area contributed by atoms with E-state index in [0.29, 0.717) is 0 Å². The fourth-order valence-electron chi connectivity index (χ4n) is 1.50. The standard InChI is InChI=1S/C7H4O3S/c11-7-9-5-3-1-2-4(8-3)6(5)10-7/h1,3,5-6H. The van der Waals surface area contributed by atoms with Gasteiger partial charge in [0.1, 0.15) is 0 Å². The molecule has 0 radical (unpaired) electrons. The third-order valence-electron chi connectivity index (χ3n) is 1.99. The molecule has 0 aromatic carbocycles. The Morgan fingerprint density at radius 2 is 2.27 bits per heavy atom. The summed E-state index contributed by atoms with van der Waals surface area (Å²) in [6.07, 6.45) is 1.63. The van der Waals surface area contributed by atoms with Crippen LogP contribution in [0.4, 0.5) is 0 Å². The minimum Gasteiger partial charge on any atom is -0.474 e. The number of thiocarbonyl (C=S) groups is 1. The second kappa shape index (κ2) is 1.60. The molecule has 0 aromatic heterocycles. The predicted molar refractivity (Wildman–Crippen MR) is 38.8 cm³/mol. The highest BCUT2D eigenvalue weighted by Gasteiger charge is 2.52. The molecule has 0 aromatic rings. The number of rotatable bonds is 0. The van der Waals surface area contributed by atoms with Gasteiger partial charge in [-0.15, -0.1) is 0 Å². The first kappa shape index (κ1) is 5.63. The molecule has 3 atom stereocenters. The third kappa shape index (κ3) is 0.564. The first-order valence-corrected chi connectivity index (χ1v) is 3.76. The molecule has 3 heterocycles. The maximum atomic E-state index is 5.33. The number of hydrogen-bond acceptors (Lipinski definition) is 4. The molecule has 0 aliphatic carbocycles. The summed E-state index contributed by atoms with van der Waals surface area (Å²) >= 11 is 4.75. The van der Waals surface area contributed by atoms with Crippen LogP contribution in [0.5, 0.6) is 0 Å². The summed E-state index contributed by atoms with van der Waals surface area (Å²) in [6.45, 7) is 0. The van der Waals surface area contributed by atoms with E-state index in [9.17, 15) is 0 Å². The summed E-state index contributed by atoms with van der Waals surface area (Å²) in [5, 5.41) is 0.225. The Morgan fingerprint density at radius 3 is 3.09 bits per heavy atom. The normalized spacial score (nSPS) is 42.7. The van der Waals surface area contributed by atoms with Gasteiger partial charge in [-0.25, -0.2) is 0 Å². The molecule has 0 amide bonds. The highest BCUT2D eigenvalue weighted by molar-refractivity contribution is 7.79. The average molecular weight is 168 g/mol. The van der Waals surface area contributed by atoms with Crippen molar-refractivity contribution < 1.29 is 14.2 Å². The highest BCUT2D eigenvalue weighted by atomic mass is 32.1. The fourth-order valence-corrected chi connectivity index (χ4v) is 1.72. The largest absolute Gasteiger partial charge is 0.474 e. The topological polar surface area (TPSA) is 27.7 Å². The average Bonchev–Trinajstić information content (AvgIpc) is 2.53. The summed E-state index contributed by atoms with van der Waals surface area (Å²) in [4.78, 5) is 0. The molecular weight excluding hydrogens is 164 g/mol. The molecular formula is C7H4O3S. The zero-order chi connectivity index (χ0) is 7.42. The van der Waals surface area contributed by atoms with Crippen LogP contribution in [-0.4, -0.2) is 23.5 Å². The van der Waals surface area contributed by atoms with Gasteiger partial charge in [-0.2, -0.15) is 0 Å². The van der Waals surface area contributed by atoms with Gasteiger partial charge >= 0.3 is 5.24 Å². The van der Waals surface area contributed by atoms with Crippen molar-refractivity contribution in [2.45, 2.75) is 18.3 Å². The van der Waals surface area contributed by atoms with E-state index in [1.165, 1.54) is 0 Å². The SMILES string of the molecule is S=C1OC2C3=C=CC(O3)C2O1. The van der Waals surface area contributed by atoms with Crippen molar-refractivity contribution in [3.63, 3.8) is 0 Å². The number of fused-ring (bicyclic) bond motifs is 5. The Labute approximate surface area is 68.2 Å². The lowest BCUT2D eigenvalue weighted by molar-refractivity contribution is 0.115. The van der Waals surface area contributed by atoms with E-state index in [1.807, 2.05) is 6.08 Å². The molecule has 56 valence electrons. The molecule has 0 spiro atoms. The maximum Gasteiger partial charge on any atom is 0.353 e. The smallest absolute Gasteiger partial charge is 0.353 e. The van der Waals surface area contributed by atoms with E-state index in [1.54, 1.807) is 0 Å². The lowest BCUT2D eigenvalue weighted by atomic mass is 10.1. The van der Waals surface area contributed by atoms with Gasteiger partial charge in [-0.1, -0.05) is 5.73 Å². The lowest BCUT2D eigenvalue weighted by Gasteiger charge is -2.06. The summed E-state index contributed by atoms with van der Waals surface area (Å²) in [5.41, 5.74) is 2.95. The van der Waals surface area contributed by atoms with Crippen LogP contribution in [0.2, 0.25) is 0 Å². The second-order valence-electron chi connectivity index (χ2n) is 2.63. The molecule has 3 nitrogen and oxygen atoms in total. The molecule has 4 heteroatoms. The highest BCUT2D eigenvalue weighted by Crippen LogP contribution is 2.37. The van der Waals surface area contributed by atoms with Gasteiger partial charge in [0, 0.05) is 18.3 Å². The van der Waals surface area contributed by atoms with Gasteiger partial charge in [0.25, 0.3) is 0 Å². The Kier molecular flexibility index (Phi) is 0.819. The van der Waals surface area contributed by atoms with E-state index < -0.39 is 0 Å². The van der Waals surface area contributed by atoms with Crippen LogP contribution >= 0.6 is 12.2 Å². The van der Waals surface area contributed by atoms with Crippen molar-refractivity contribution in [3.8, 4) is 0 Å². The van der Waals surface area contributed by atoms with E-state index in [4.69, 9.17) is 26.4 Å². The van der Waals surface area contributed by atoms with E-state index in [-0.39, 0.29) is 23.5 Å². The van der Waals surface area contributed by atoms with Crippen molar-refractivity contribution in [1.29, 1.82) is 0 Å². The summed E-state index contributed by atoms with van der Waals surface area (Å²) in [7, 11) is 0. The van der Waals surface area contributed by atoms with Crippen molar-refractivity contribution in [3.05, 3.63) is 17.6 Å². The molecule has 3 aliphatic heterocycles. The van der Waals surface area contributed by atoms with E-state index in [0.717, 1.165) is 5.76 Å². The minimum absolute atomic E-state index is 0.0320. The minimum atomic E-state index is -0.127. The van der Waals surface area contributed by atoms with Crippen LogP contribution in [0.3, 0.4) is 0 Å². The van der Waals surface area contributed by atoms with Gasteiger partial charge < -0.3 is 14.2 Å². The van der Waals surface area contributed by atoms with Gasteiger partial charge in [0.05, 0.1) is 0 Å². The Hall–Kier alpha value is -0.990. The number of hydrogen-bond donors (Lipinski definition) is 0. The molecule has 3 aliphatic rings. The van der Waals surface area contributed by atoms with Gasteiger partial charge in [0.15, 0.2) is 18.0 Å². The van der Waals surface area contributed by atoms with Crippen molar-refractivity contribution in [2.24, 2.45) is 0 Å². The van der Waals surface area contributed by atoms with Crippen molar-refractivity contribution in [2.75, 3.05) is 0 Å². The van der Waals surface area contributed by atoms with E-state index >= 15 is 0 Å². The quantitative estimate of drug-likeness (QED) is 0.389. The van der Waals surface area contributed by atoms with Crippen LogP contribution in [-0.2, 0) is 14.2 Å². The Bertz CT molecular complexity index is 303. The summed E-state index contributed by atoms with van der Waals surface area (Å²) < 4.78 is 15.7. The Balaban J connectivity index is 2.04. The molecule has 3 rings (SSSR count). The third-order valence-corrected chi connectivity index (χ3v) is 2.18. The van der Waals surface area contributed by atoms with Crippen LogP contribution in [0.1, 0.15) is 0 Å². The lowest BCUT2D eigenvalue weighted by Crippen LogP contribution is -2.26. The van der Waals surface area contributed by atoms with E-state index in [2.05, 4.69) is 5.73 Å². The first-order valence-electron chi connectivity index (χ1n) is 3.35. The molecule has 11 heavy (non-hydrogen) atoms. The molecule has 2 saturated heterocycles.